The van der Waals surface area contributed by atoms with Crippen LogP contribution in [-0.2, 0) is 11.2 Å². The summed E-state index contributed by atoms with van der Waals surface area (Å²) in [4.78, 5) is 10.9. The van der Waals surface area contributed by atoms with Crippen molar-refractivity contribution in [2.24, 2.45) is 4.99 Å². The van der Waals surface area contributed by atoms with Gasteiger partial charge < -0.3 is 9.72 Å². The number of aryl methyl sites for hydroxylation is 1. The van der Waals surface area contributed by atoms with Crippen molar-refractivity contribution in [3.05, 3.63) is 33.9 Å². The number of likely N-dealkylation sites (N-methyl/N-ethyl adjacent to an activating group) is 1. The fourth-order valence-corrected chi connectivity index (χ4v) is 3.78. The molecule has 0 spiro atoms. The Balaban J connectivity index is 1.75. The third kappa shape index (κ3) is 3.90. The number of nitrogens with zero attached hydrogens (tertiary/aromatic N) is 2. The van der Waals surface area contributed by atoms with Crippen molar-refractivity contribution >= 4 is 32.5 Å². The second-order valence-corrected chi connectivity index (χ2v) is 7.19. The zero-order valence-corrected chi connectivity index (χ0v) is 16.2. The molecule has 1 aliphatic carbocycles. The number of rotatable bonds is 7. The molecule has 0 fully saturated rings. The van der Waals surface area contributed by atoms with E-state index in [1.54, 1.807) is 7.11 Å². The molecular formula is C19H26BrN3O. The Morgan fingerprint density at radius 2 is 2.17 bits per heavy atom. The molecule has 0 saturated heterocycles. The number of hydrogen-bond donors (Lipinski definition) is 1. The summed E-state index contributed by atoms with van der Waals surface area (Å²) >= 11 is 3.59. The van der Waals surface area contributed by atoms with Crippen LogP contribution in [0.15, 0.2) is 27.7 Å². The number of H-pyrrole nitrogens is 1. The maximum atomic E-state index is 5.17. The molecule has 130 valence electrons. The highest BCUT2D eigenvalue weighted by Crippen LogP contribution is 2.31. The number of aromatic nitrogens is 1. The number of ether oxygens (including phenoxy) is 1. The molecule has 0 saturated carbocycles. The summed E-state index contributed by atoms with van der Waals surface area (Å²) in [6.07, 6.45) is 3.40. The molecule has 0 aliphatic heterocycles. The molecule has 24 heavy (non-hydrogen) atoms. The third-order valence-corrected chi connectivity index (χ3v) is 5.27. The van der Waals surface area contributed by atoms with Crippen molar-refractivity contribution in [1.82, 2.24) is 9.88 Å². The van der Waals surface area contributed by atoms with Crippen LogP contribution in [0.1, 0.15) is 31.0 Å². The number of hydrogen-bond acceptors (Lipinski definition) is 3. The first-order chi connectivity index (χ1) is 11.7. The van der Waals surface area contributed by atoms with Crippen LogP contribution in [0.25, 0.3) is 10.9 Å². The van der Waals surface area contributed by atoms with E-state index >= 15 is 0 Å². The van der Waals surface area contributed by atoms with E-state index in [9.17, 15) is 0 Å². The van der Waals surface area contributed by atoms with Crippen LogP contribution in [0.2, 0.25) is 0 Å². The highest BCUT2D eigenvalue weighted by Gasteiger charge is 2.20. The molecule has 0 atom stereocenters. The minimum atomic E-state index is 0.783. The van der Waals surface area contributed by atoms with Crippen molar-refractivity contribution in [2.45, 2.75) is 26.2 Å². The third-order valence-electron chi connectivity index (χ3n) is 4.77. The lowest BCUT2D eigenvalue weighted by Crippen LogP contribution is -2.30. The van der Waals surface area contributed by atoms with Gasteiger partial charge in [-0.2, -0.15) is 0 Å². The largest absolute Gasteiger partial charge is 0.383 e. The molecule has 5 heteroatoms. The zero-order chi connectivity index (χ0) is 16.9. The van der Waals surface area contributed by atoms with Gasteiger partial charge in [0.15, 0.2) is 0 Å². The van der Waals surface area contributed by atoms with Gasteiger partial charge in [-0.05, 0) is 49.6 Å². The maximum absolute atomic E-state index is 5.17. The van der Waals surface area contributed by atoms with Gasteiger partial charge in [-0.25, -0.2) is 0 Å². The topological polar surface area (TPSA) is 40.6 Å². The van der Waals surface area contributed by atoms with Gasteiger partial charge in [0.2, 0.25) is 0 Å². The summed E-state index contributed by atoms with van der Waals surface area (Å²) in [5.41, 5.74) is 5.15. The number of fused-ring (bicyclic) bond motifs is 3. The molecule has 2 aromatic rings. The Bertz CT molecular complexity index is 723. The first-order valence-electron chi connectivity index (χ1n) is 8.78. The summed E-state index contributed by atoms with van der Waals surface area (Å²) in [7, 11) is 1.76. The lowest BCUT2D eigenvalue weighted by atomic mass is 9.94. The minimum absolute atomic E-state index is 0.783. The Labute approximate surface area is 152 Å². The lowest BCUT2D eigenvalue weighted by Gasteiger charge is -2.19. The van der Waals surface area contributed by atoms with Gasteiger partial charge in [0, 0.05) is 35.6 Å². The maximum Gasteiger partial charge on any atom is 0.0637 e. The van der Waals surface area contributed by atoms with Gasteiger partial charge in [0.25, 0.3) is 0 Å². The van der Waals surface area contributed by atoms with Crippen molar-refractivity contribution in [2.75, 3.05) is 39.9 Å². The van der Waals surface area contributed by atoms with Gasteiger partial charge in [0.05, 0.1) is 24.6 Å². The predicted molar refractivity (Wildman–Crippen MR) is 104 cm³/mol. The van der Waals surface area contributed by atoms with E-state index in [2.05, 4.69) is 50.9 Å². The van der Waals surface area contributed by atoms with Crippen LogP contribution in [0.4, 0.5) is 0 Å². The molecule has 3 rings (SSSR count). The summed E-state index contributed by atoms with van der Waals surface area (Å²) in [5.74, 6) is 0. The number of benzene rings is 1. The number of halogens is 1. The summed E-state index contributed by atoms with van der Waals surface area (Å²) < 4.78 is 6.31. The van der Waals surface area contributed by atoms with E-state index in [0.717, 1.165) is 50.1 Å². The smallest absolute Gasteiger partial charge is 0.0637 e. The first kappa shape index (κ1) is 17.6. The van der Waals surface area contributed by atoms with Crippen LogP contribution >= 0.6 is 15.9 Å². The van der Waals surface area contributed by atoms with Crippen molar-refractivity contribution in [1.29, 1.82) is 0 Å². The van der Waals surface area contributed by atoms with E-state index in [1.165, 1.54) is 34.3 Å². The average Bonchev–Trinajstić information content (AvgIpc) is 2.96. The van der Waals surface area contributed by atoms with Crippen molar-refractivity contribution in [3.63, 3.8) is 0 Å². The molecule has 1 aromatic heterocycles. The molecule has 0 amide bonds. The van der Waals surface area contributed by atoms with Gasteiger partial charge in [-0.1, -0.05) is 22.9 Å². The Kier molecular flexibility index (Phi) is 6.09. The second kappa shape index (κ2) is 8.28. The van der Waals surface area contributed by atoms with Crippen LogP contribution in [0, 0.1) is 0 Å². The number of aromatic amines is 1. The van der Waals surface area contributed by atoms with Crippen LogP contribution in [-0.4, -0.2) is 55.5 Å². The quantitative estimate of drug-likeness (QED) is 0.773. The molecule has 4 nitrogen and oxygen atoms in total. The zero-order valence-electron chi connectivity index (χ0n) is 14.6. The predicted octanol–water partition coefficient (Wildman–Crippen LogP) is 4.02. The summed E-state index contributed by atoms with van der Waals surface area (Å²) in [6, 6.07) is 6.46. The van der Waals surface area contributed by atoms with E-state index in [-0.39, 0.29) is 0 Å². The van der Waals surface area contributed by atoms with E-state index in [4.69, 9.17) is 9.73 Å². The molecule has 1 aliphatic rings. The van der Waals surface area contributed by atoms with Crippen molar-refractivity contribution in [3.8, 4) is 0 Å². The molecule has 1 aromatic carbocycles. The SMILES string of the molecule is CCN(CCN=C1CCCc2c1[nH]c1ccc(Br)cc21)CCOC. The second-order valence-electron chi connectivity index (χ2n) is 6.28. The Hall–Kier alpha value is -1.17. The molecule has 1 heterocycles. The van der Waals surface area contributed by atoms with Gasteiger partial charge in [-0.3, -0.25) is 9.89 Å². The molecule has 0 radical (unpaired) electrons. The minimum Gasteiger partial charge on any atom is -0.383 e. The lowest BCUT2D eigenvalue weighted by molar-refractivity contribution is 0.152. The summed E-state index contributed by atoms with van der Waals surface area (Å²) in [5, 5.41) is 1.34. The van der Waals surface area contributed by atoms with E-state index < -0.39 is 0 Å². The molecule has 0 unspecified atom stereocenters. The average molecular weight is 392 g/mol. The fraction of sp³-hybridized carbons (Fsp3) is 0.526. The standard InChI is InChI=1S/C19H26BrN3O/c1-3-23(11-12-24-2)10-9-21-18-6-4-5-15-16-13-14(20)7-8-17(16)22-19(15)18/h7-8,13,22H,3-6,9-12H2,1-2H3. The van der Waals surface area contributed by atoms with Crippen LogP contribution in [0.5, 0.6) is 0 Å². The number of nitrogens with one attached hydrogen (secondary N) is 1. The summed E-state index contributed by atoms with van der Waals surface area (Å²) in [6.45, 7) is 6.84. The van der Waals surface area contributed by atoms with Crippen LogP contribution in [0.3, 0.4) is 0 Å². The monoisotopic (exact) mass is 391 g/mol. The van der Waals surface area contributed by atoms with Gasteiger partial charge in [-0.15, -0.1) is 0 Å². The molecule has 1 N–H and O–H groups in total. The normalized spacial score (nSPS) is 16.2. The highest BCUT2D eigenvalue weighted by molar-refractivity contribution is 9.10. The highest BCUT2D eigenvalue weighted by atomic mass is 79.9. The fourth-order valence-electron chi connectivity index (χ4n) is 3.42. The molecule has 0 bridgehead atoms. The van der Waals surface area contributed by atoms with Crippen LogP contribution < -0.4 is 0 Å². The Morgan fingerprint density at radius 1 is 1.29 bits per heavy atom. The van der Waals surface area contributed by atoms with Gasteiger partial charge >= 0.3 is 0 Å². The number of aliphatic imine (C=N–C) groups is 1. The first-order valence-corrected chi connectivity index (χ1v) is 9.57. The molecular weight excluding hydrogens is 366 g/mol. The van der Waals surface area contributed by atoms with E-state index in [1.807, 2.05) is 0 Å². The van der Waals surface area contributed by atoms with E-state index in [0.29, 0.717) is 0 Å². The Morgan fingerprint density at radius 3 is 2.96 bits per heavy atom. The van der Waals surface area contributed by atoms with Crippen molar-refractivity contribution < 1.29 is 4.74 Å². The number of methoxy groups -OCH3 is 1. The van der Waals surface area contributed by atoms with Gasteiger partial charge in [0.1, 0.15) is 0 Å².